The van der Waals surface area contributed by atoms with Crippen molar-refractivity contribution >= 4 is 52.6 Å². The first kappa shape index (κ1) is 22.6. The molecule has 7 heteroatoms. The molecule has 2 aliphatic rings. The van der Waals surface area contributed by atoms with Gasteiger partial charge in [0.2, 0.25) is 5.91 Å². The van der Waals surface area contributed by atoms with Crippen molar-refractivity contribution in [2.24, 2.45) is 5.92 Å². The fourth-order valence-corrected chi connectivity index (χ4v) is 7.27. The maximum Gasteiger partial charge on any atom is 0.226 e. The lowest BCUT2D eigenvalue weighted by atomic mass is 9.82. The van der Waals surface area contributed by atoms with Gasteiger partial charge in [0, 0.05) is 12.0 Å². The number of benzene rings is 1. The van der Waals surface area contributed by atoms with Crippen molar-refractivity contribution in [3.05, 3.63) is 35.9 Å². The van der Waals surface area contributed by atoms with E-state index in [1.165, 1.54) is 12.8 Å². The maximum absolute atomic E-state index is 12.6. The van der Waals surface area contributed by atoms with Crippen molar-refractivity contribution in [3.63, 3.8) is 0 Å². The molecule has 1 saturated heterocycles. The summed E-state index contributed by atoms with van der Waals surface area (Å²) in [6.45, 7) is 2.20. The van der Waals surface area contributed by atoms with E-state index in [0.717, 1.165) is 37.9 Å². The normalized spacial score (nSPS) is 25.6. The Morgan fingerprint density at radius 3 is 2.46 bits per heavy atom. The first-order valence-corrected chi connectivity index (χ1v) is 13.2. The van der Waals surface area contributed by atoms with Crippen LogP contribution in [0.25, 0.3) is 0 Å². The van der Waals surface area contributed by atoms with E-state index in [1.54, 1.807) is 0 Å². The van der Waals surface area contributed by atoms with E-state index in [-0.39, 0.29) is 15.9 Å². The Balaban J connectivity index is 1.73. The number of carbonyl (C=O) groups is 1. The summed E-state index contributed by atoms with van der Waals surface area (Å²) >= 11 is 17.5. The Hall–Kier alpha value is -0.0700. The first-order valence-electron chi connectivity index (χ1n) is 9.96. The van der Waals surface area contributed by atoms with Crippen LogP contribution in [0.2, 0.25) is 0 Å². The number of carbonyl (C=O) groups excluding carboxylic acids is 1. The molecule has 0 bridgehead atoms. The van der Waals surface area contributed by atoms with Gasteiger partial charge in [-0.25, -0.2) is 0 Å². The highest BCUT2D eigenvalue weighted by atomic mass is 35.5. The summed E-state index contributed by atoms with van der Waals surface area (Å²) in [6.07, 6.45) is 10.2. The van der Waals surface area contributed by atoms with Crippen LogP contribution in [0.5, 0.6) is 0 Å². The van der Waals surface area contributed by atoms with Gasteiger partial charge in [0.05, 0.1) is 10.5 Å². The standard InChI is InChI=1S/C21H30Cl2N2OS2/c1-27-20(28-2)11-10-17(18(15-20)25-12-6-7-13-25)21(22,23)24-19(26)14-16-8-4-3-5-9-16/h3-5,8-9,17-18H,6-7,10-15H2,1-2H3,(H,24,26). The number of likely N-dealkylation sites (tertiary alicyclic amines) is 1. The lowest BCUT2D eigenvalue weighted by Gasteiger charge is -2.49. The lowest BCUT2D eigenvalue weighted by Crippen LogP contribution is -2.57. The predicted octanol–water partition coefficient (Wildman–Crippen LogP) is 5.16. The van der Waals surface area contributed by atoms with Crippen molar-refractivity contribution < 1.29 is 4.79 Å². The Bertz CT molecular complexity index is 649. The molecule has 3 nitrogen and oxygen atoms in total. The van der Waals surface area contributed by atoms with E-state index in [1.807, 2.05) is 53.9 Å². The van der Waals surface area contributed by atoms with Crippen LogP contribution in [0.1, 0.15) is 37.7 Å². The highest BCUT2D eigenvalue weighted by molar-refractivity contribution is 8.17. The van der Waals surface area contributed by atoms with Gasteiger partial charge in [0.25, 0.3) is 0 Å². The van der Waals surface area contributed by atoms with Gasteiger partial charge in [0.15, 0.2) is 4.46 Å². The van der Waals surface area contributed by atoms with Gasteiger partial charge in [-0.15, -0.1) is 23.5 Å². The fraction of sp³-hybridized carbons (Fsp3) is 0.667. The van der Waals surface area contributed by atoms with E-state index in [0.29, 0.717) is 12.5 Å². The van der Waals surface area contributed by atoms with Gasteiger partial charge in [-0.2, -0.15) is 0 Å². The molecular formula is C21H30Cl2N2OS2. The molecule has 2 fully saturated rings. The topological polar surface area (TPSA) is 32.3 Å². The summed E-state index contributed by atoms with van der Waals surface area (Å²) in [5.41, 5.74) is 0.965. The molecule has 0 aromatic heterocycles. The number of nitrogens with one attached hydrogen (secondary N) is 1. The van der Waals surface area contributed by atoms with E-state index in [9.17, 15) is 4.79 Å². The summed E-state index contributed by atoms with van der Waals surface area (Å²) in [5, 5.41) is 2.94. The van der Waals surface area contributed by atoms with Gasteiger partial charge >= 0.3 is 0 Å². The number of halogens is 2. The molecule has 1 aromatic carbocycles. The molecule has 1 amide bonds. The second kappa shape index (κ2) is 9.82. The van der Waals surface area contributed by atoms with Gasteiger partial charge in [0.1, 0.15) is 0 Å². The van der Waals surface area contributed by atoms with Gasteiger partial charge < -0.3 is 5.32 Å². The Labute approximate surface area is 187 Å². The lowest BCUT2D eigenvalue weighted by molar-refractivity contribution is -0.121. The zero-order valence-corrected chi connectivity index (χ0v) is 19.8. The molecule has 1 aliphatic heterocycles. The Morgan fingerprint density at radius 1 is 1.21 bits per heavy atom. The monoisotopic (exact) mass is 460 g/mol. The highest BCUT2D eigenvalue weighted by Gasteiger charge is 2.50. The third-order valence-electron chi connectivity index (χ3n) is 6.15. The number of hydrogen-bond acceptors (Lipinski definition) is 4. The van der Waals surface area contributed by atoms with Crippen LogP contribution < -0.4 is 5.32 Å². The summed E-state index contributed by atoms with van der Waals surface area (Å²) in [7, 11) is 0. The minimum Gasteiger partial charge on any atom is -0.324 e. The summed E-state index contributed by atoms with van der Waals surface area (Å²) < 4.78 is -1.04. The maximum atomic E-state index is 12.6. The van der Waals surface area contributed by atoms with Crippen LogP contribution in [-0.2, 0) is 11.2 Å². The summed E-state index contributed by atoms with van der Waals surface area (Å²) in [4.78, 5) is 15.2. The summed E-state index contributed by atoms with van der Waals surface area (Å²) in [6, 6.07) is 10.0. The molecule has 0 radical (unpaired) electrons. The van der Waals surface area contributed by atoms with Crippen LogP contribution in [-0.4, -0.2) is 51.0 Å². The molecular weight excluding hydrogens is 431 g/mol. The molecule has 2 atom stereocenters. The molecule has 3 rings (SSSR count). The molecule has 1 heterocycles. The van der Waals surface area contributed by atoms with Gasteiger partial charge in [-0.1, -0.05) is 53.5 Å². The number of thioether (sulfide) groups is 2. The number of rotatable bonds is 7. The van der Waals surface area contributed by atoms with Crippen LogP contribution in [0.4, 0.5) is 0 Å². The minimum absolute atomic E-state index is 0.0288. The zero-order chi connectivity index (χ0) is 20.2. The quantitative estimate of drug-likeness (QED) is 0.345. The largest absolute Gasteiger partial charge is 0.324 e. The molecule has 1 N–H and O–H groups in total. The third-order valence-corrected chi connectivity index (χ3v) is 10.1. The highest BCUT2D eigenvalue weighted by Crippen LogP contribution is 2.52. The third kappa shape index (κ3) is 5.34. The van der Waals surface area contributed by atoms with Crippen molar-refractivity contribution in [2.75, 3.05) is 25.6 Å². The molecule has 28 heavy (non-hydrogen) atoms. The zero-order valence-electron chi connectivity index (χ0n) is 16.6. The Morgan fingerprint density at radius 2 is 1.86 bits per heavy atom. The Kier molecular flexibility index (Phi) is 7.93. The second-order valence-corrected chi connectivity index (χ2v) is 11.8. The van der Waals surface area contributed by atoms with Crippen molar-refractivity contribution in [1.82, 2.24) is 10.2 Å². The molecule has 1 saturated carbocycles. The summed E-state index contributed by atoms with van der Waals surface area (Å²) in [5.74, 6) is -0.0935. The van der Waals surface area contributed by atoms with Crippen LogP contribution >= 0.6 is 46.7 Å². The van der Waals surface area contributed by atoms with Crippen molar-refractivity contribution in [3.8, 4) is 0 Å². The van der Waals surface area contributed by atoms with E-state index < -0.39 is 4.46 Å². The minimum atomic E-state index is -1.25. The van der Waals surface area contributed by atoms with E-state index >= 15 is 0 Å². The smallest absolute Gasteiger partial charge is 0.226 e. The first-order chi connectivity index (χ1) is 13.4. The number of hydrogen-bond donors (Lipinski definition) is 1. The van der Waals surface area contributed by atoms with Gasteiger partial charge in [-0.3, -0.25) is 9.69 Å². The van der Waals surface area contributed by atoms with Crippen LogP contribution in [0, 0.1) is 5.92 Å². The number of alkyl halides is 2. The average molecular weight is 462 g/mol. The van der Waals surface area contributed by atoms with Crippen molar-refractivity contribution in [1.29, 1.82) is 0 Å². The fourth-order valence-electron chi connectivity index (χ4n) is 4.57. The molecule has 0 spiro atoms. The molecule has 1 aliphatic carbocycles. The van der Waals surface area contributed by atoms with Gasteiger partial charge in [-0.05, 0) is 63.3 Å². The van der Waals surface area contributed by atoms with Crippen LogP contribution in [0.15, 0.2) is 30.3 Å². The SMILES string of the molecule is CSC1(SC)CCC(C(Cl)(Cl)NC(=O)Cc2ccccc2)C(N2CCCC2)C1. The molecule has 1 aromatic rings. The van der Waals surface area contributed by atoms with E-state index in [4.69, 9.17) is 23.2 Å². The molecule has 156 valence electrons. The average Bonchev–Trinajstić information content (AvgIpc) is 3.22. The number of amides is 1. The van der Waals surface area contributed by atoms with Crippen molar-refractivity contribution in [2.45, 2.75) is 53.1 Å². The molecule has 2 unspecified atom stereocenters. The van der Waals surface area contributed by atoms with Crippen LogP contribution in [0.3, 0.4) is 0 Å². The second-order valence-electron chi connectivity index (χ2n) is 7.81. The number of nitrogens with zero attached hydrogens (tertiary/aromatic N) is 1. The predicted molar refractivity (Wildman–Crippen MR) is 124 cm³/mol. The van der Waals surface area contributed by atoms with E-state index in [2.05, 4.69) is 22.7 Å².